The molecule has 4 nitrogen and oxygen atoms in total. The fraction of sp³-hybridized carbons (Fsp3) is 0.118. The van der Waals surface area contributed by atoms with Gasteiger partial charge in [-0.05, 0) is 30.7 Å². The molecule has 0 aliphatic heterocycles. The quantitative estimate of drug-likeness (QED) is 0.493. The van der Waals surface area contributed by atoms with E-state index in [9.17, 15) is 0 Å². The standard InChI is InChI=1S/C17H13N3OS2/c1-11-6-2-3-7-12(11)16-20-19-15(21-16)10-22-17-18-13-8-4-5-9-14(13)23-17/h2-9H,10H2,1H3. The van der Waals surface area contributed by atoms with Gasteiger partial charge in [0.05, 0.1) is 16.0 Å². The Labute approximate surface area is 141 Å². The van der Waals surface area contributed by atoms with Gasteiger partial charge in [0.1, 0.15) is 0 Å². The van der Waals surface area contributed by atoms with Crippen molar-refractivity contribution in [1.82, 2.24) is 15.2 Å². The Hall–Kier alpha value is -2.18. The van der Waals surface area contributed by atoms with Crippen molar-refractivity contribution in [2.24, 2.45) is 0 Å². The van der Waals surface area contributed by atoms with Crippen LogP contribution in [0.1, 0.15) is 11.5 Å². The Morgan fingerprint density at radius 1 is 1.04 bits per heavy atom. The van der Waals surface area contributed by atoms with Crippen LogP contribution in [0.3, 0.4) is 0 Å². The number of thioether (sulfide) groups is 1. The van der Waals surface area contributed by atoms with E-state index in [-0.39, 0.29) is 0 Å². The van der Waals surface area contributed by atoms with Crippen molar-refractivity contribution in [2.75, 3.05) is 0 Å². The number of aryl methyl sites for hydroxylation is 1. The Kier molecular flexibility index (Phi) is 3.85. The van der Waals surface area contributed by atoms with Gasteiger partial charge in [-0.1, -0.05) is 42.1 Å². The van der Waals surface area contributed by atoms with Crippen molar-refractivity contribution in [3.05, 3.63) is 60.0 Å². The Bertz CT molecular complexity index is 928. The van der Waals surface area contributed by atoms with Gasteiger partial charge in [-0.2, -0.15) is 0 Å². The smallest absolute Gasteiger partial charge is 0.248 e. The molecule has 0 atom stereocenters. The minimum Gasteiger partial charge on any atom is -0.420 e. The van der Waals surface area contributed by atoms with E-state index >= 15 is 0 Å². The van der Waals surface area contributed by atoms with Gasteiger partial charge in [-0.25, -0.2) is 4.98 Å². The van der Waals surface area contributed by atoms with Gasteiger partial charge in [-0.3, -0.25) is 0 Å². The van der Waals surface area contributed by atoms with Crippen LogP contribution in [0.4, 0.5) is 0 Å². The van der Waals surface area contributed by atoms with Gasteiger partial charge < -0.3 is 4.42 Å². The van der Waals surface area contributed by atoms with Crippen molar-refractivity contribution < 1.29 is 4.42 Å². The van der Waals surface area contributed by atoms with Gasteiger partial charge in [0.15, 0.2) is 4.34 Å². The Balaban J connectivity index is 1.51. The molecule has 0 fully saturated rings. The van der Waals surface area contributed by atoms with E-state index in [0.717, 1.165) is 21.0 Å². The summed E-state index contributed by atoms with van der Waals surface area (Å²) < 4.78 is 7.99. The second kappa shape index (κ2) is 6.14. The fourth-order valence-corrected chi connectivity index (χ4v) is 4.18. The van der Waals surface area contributed by atoms with E-state index in [4.69, 9.17) is 4.42 Å². The summed E-state index contributed by atoms with van der Waals surface area (Å²) in [6, 6.07) is 16.1. The van der Waals surface area contributed by atoms with Crippen molar-refractivity contribution >= 4 is 33.3 Å². The Morgan fingerprint density at radius 3 is 2.74 bits per heavy atom. The van der Waals surface area contributed by atoms with Gasteiger partial charge in [0.25, 0.3) is 0 Å². The number of nitrogens with zero attached hydrogens (tertiary/aromatic N) is 3. The number of fused-ring (bicyclic) bond motifs is 1. The van der Waals surface area contributed by atoms with Crippen molar-refractivity contribution in [3.8, 4) is 11.5 Å². The molecule has 0 amide bonds. The monoisotopic (exact) mass is 339 g/mol. The maximum atomic E-state index is 5.78. The molecule has 114 valence electrons. The van der Waals surface area contributed by atoms with E-state index < -0.39 is 0 Å². The van der Waals surface area contributed by atoms with E-state index in [2.05, 4.69) is 21.2 Å². The summed E-state index contributed by atoms with van der Waals surface area (Å²) in [5.41, 5.74) is 3.14. The molecule has 0 aliphatic carbocycles. The SMILES string of the molecule is Cc1ccccc1-c1nnc(CSc2nc3ccccc3s2)o1. The van der Waals surface area contributed by atoms with Crippen LogP contribution in [0.2, 0.25) is 0 Å². The highest BCUT2D eigenvalue weighted by Crippen LogP contribution is 2.31. The van der Waals surface area contributed by atoms with E-state index in [1.807, 2.05) is 49.4 Å². The van der Waals surface area contributed by atoms with Crippen LogP contribution in [-0.2, 0) is 5.75 Å². The van der Waals surface area contributed by atoms with Crippen LogP contribution in [-0.4, -0.2) is 15.2 Å². The van der Waals surface area contributed by atoms with Crippen molar-refractivity contribution in [1.29, 1.82) is 0 Å². The summed E-state index contributed by atoms with van der Waals surface area (Å²) in [4.78, 5) is 4.60. The number of benzene rings is 2. The van der Waals surface area contributed by atoms with Crippen LogP contribution >= 0.6 is 23.1 Å². The summed E-state index contributed by atoms with van der Waals surface area (Å²) in [7, 11) is 0. The molecule has 0 saturated heterocycles. The van der Waals surface area contributed by atoms with Crippen LogP contribution in [0, 0.1) is 6.92 Å². The van der Waals surface area contributed by atoms with E-state index in [1.165, 1.54) is 4.70 Å². The largest absolute Gasteiger partial charge is 0.420 e. The first-order valence-corrected chi connectivity index (χ1v) is 8.96. The van der Waals surface area contributed by atoms with Gasteiger partial charge >= 0.3 is 0 Å². The second-order valence-corrected chi connectivity index (χ2v) is 7.31. The third-order valence-electron chi connectivity index (χ3n) is 3.44. The minimum absolute atomic E-state index is 0.572. The van der Waals surface area contributed by atoms with Crippen molar-refractivity contribution in [3.63, 3.8) is 0 Å². The van der Waals surface area contributed by atoms with Crippen LogP contribution < -0.4 is 0 Å². The first kappa shape index (κ1) is 14.4. The lowest BCUT2D eigenvalue weighted by Crippen LogP contribution is -1.81. The summed E-state index contributed by atoms with van der Waals surface area (Å²) >= 11 is 3.31. The summed E-state index contributed by atoms with van der Waals surface area (Å²) in [5.74, 6) is 1.81. The molecule has 0 aliphatic rings. The third-order valence-corrected chi connectivity index (χ3v) is 5.60. The highest BCUT2D eigenvalue weighted by Gasteiger charge is 2.12. The van der Waals surface area contributed by atoms with Gasteiger partial charge in [-0.15, -0.1) is 21.5 Å². The summed E-state index contributed by atoms with van der Waals surface area (Å²) in [6.07, 6.45) is 0. The molecular formula is C17H13N3OS2. The lowest BCUT2D eigenvalue weighted by Gasteiger charge is -1.98. The molecule has 4 rings (SSSR count). The number of hydrogen-bond donors (Lipinski definition) is 0. The molecule has 0 saturated carbocycles. The maximum absolute atomic E-state index is 5.78. The van der Waals surface area contributed by atoms with Gasteiger partial charge in [0, 0.05) is 5.56 Å². The summed E-state index contributed by atoms with van der Waals surface area (Å²) in [6.45, 7) is 2.04. The number of hydrogen-bond acceptors (Lipinski definition) is 6. The highest BCUT2D eigenvalue weighted by atomic mass is 32.2. The fourth-order valence-electron chi connectivity index (χ4n) is 2.27. The number of rotatable bonds is 4. The first-order chi connectivity index (χ1) is 11.3. The predicted octanol–water partition coefficient (Wildman–Crippen LogP) is 4.95. The van der Waals surface area contributed by atoms with Gasteiger partial charge in [0.2, 0.25) is 11.8 Å². The average molecular weight is 339 g/mol. The highest BCUT2D eigenvalue weighted by molar-refractivity contribution is 8.00. The molecule has 0 N–H and O–H groups in total. The average Bonchev–Trinajstić information content (AvgIpc) is 3.19. The minimum atomic E-state index is 0.572. The molecule has 0 radical (unpaired) electrons. The number of thiazole rings is 1. The molecule has 0 bridgehead atoms. The molecule has 23 heavy (non-hydrogen) atoms. The first-order valence-electron chi connectivity index (χ1n) is 7.16. The Morgan fingerprint density at radius 2 is 1.87 bits per heavy atom. The zero-order valence-corrected chi connectivity index (χ0v) is 14.0. The van der Waals surface area contributed by atoms with E-state index in [1.54, 1.807) is 23.1 Å². The number of para-hydroxylation sites is 1. The normalized spacial score (nSPS) is 11.2. The molecule has 4 aromatic rings. The molecule has 2 heterocycles. The topological polar surface area (TPSA) is 51.8 Å². The molecule has 0 spiro atoms. The maximum Gasteiger partial charge on any atom is 0.248 e. The number of aromatic nitrogens is 3. The lowest BCUT2D eigenvalue weighted by atomic mass is 10.1. The zero-order valence-electron chi connectivity index (χ0n) is 12.4. The van der Waals surface area contributed by atoms with Crippen molar-refractivity contribution in [2.45, 2.75) is 17.0 Å². The predicted molar refractivity (Wildman–Crippen MR) is 93.7 cm³/mol. The lowest BCUT2D eigenvalue weighted by molar-refractivity contribution is 0.528. The third kappa shape index (κ3) is 3.00. The molecule has 0 unspecified atom stereocenters. The molecule has 2 aromatic heterocycles. The summed E-state index contributed by atoms with van der Waals surface area (Å²) in [5, 5.41) is 8.30. The molecule has 2 aromatic carbocycles. The second-order valence-electron chi connectivity index (χ2n) is 5.05. The van der Waals surface area contributed by atoms with Crippen LogP contribution in [0.25, 0.3) is 21.7 Å². The van der Waals surface area contributed by atoms with Crippen LogP contribution in [0.15, 0.2) is 57.3 Å². The molecular weight excluding hydrogens is 326 g/mol. The molecule has 6 heteroatoms. The zero-order chi connectivity index (χ0) is 15.6. The van der Waals surface area contributed by atoms with E-state index in [0.29, 0.717) is 17.5 Å². The van der Waals surface area contributed by atoms with Crippen LogP contribution in [0.5, 0.6) is 0 Å².